The van der Waals surface area contributed by atoms with E-state index < -0.39 is 29.3 Å². The topological polar surface area (TPSA) is 12.4 Å². The van der Waals surface area contributed by atoms with Crippen LogP contribution in [0.2, 0.25) is 0 Å². The molecule has 0 spiro atoms. The van der Waals surface area contributed by atoms with Crippen LogP contribution in [0.25, 0.3) is 0 Å². The minimum absolute atomic E-state index is 1.58. The van der Waals surface area contributed by atoms with Crippen molar-refractivity contribution in [1.82, 2.24) is 0 Å². The van der Waals surface area contributed by atoms with Gasteiger partial charge in [0.15, 0.2) is 0 Å². The van der Waals surface area contributed by atoms with Crippen molar-refractivity contribution in [2.75, 3.05) is 0 Å². The molecule has 0 N–H and O–H groups in total. The van der Waals surface area contributed by atoms with E-state index in [1.54, 1.807) is 4.99 Å². The molecule has 0 fully saturated rings. The maximum atomic E-state index is 11.6. The maximum absolute atomic E-state index is 11.6. The summed E-state index contributed by atoms with van der Waals surface area (Å²) in [5.41, 5.74) is -2.97. The van der Waals surface area contributed by atoms with Gasteiger partial charge in [-0.05, 0) is 0 Å². The molecule has 10 heteroatoms. The van der Waals surface area contributed by atoms with Crippen molar-refractivity contribution in [3.63, 3.8) is 0 Å². The number of allylic oxidation sites excluding steroid dienone is 1. The highest BCUT2D eigenvalue weighted by Crippen LogP contribution is 2.32. The third-order valence-electron chi connectivity index (χ3n) is 0.891. The number of hydrogen-bond donors (Lipinski definition) is 0. The molecule has 0 saturated carbocycles. The molecule has 15 heavy (non-hydrogen) atoms. The lowest BCUT2D eigenvalue weighted by Gasteiger charge is -2.07. The van der Waals surface area contributed by atoms with Gasteiger partial charge in [0, 0.05) is 0 Å². The predicted molar refractivity (Wildman–Crippen MR) is 34.6 cm³/mol. The van der Waals surface area contributed by atoms with Crippen molar-refractivity contribution in [2.24, 2.45) is 4.99 Å². The lowest BCUT2D eigenvalue weighted by Crippen LogP contribution is -2.20. The summed E-state index contributed by atoms with van der Waals surface area (Å²) >= 11 is 4.26. The van der Waals surface area contributed by atoms with Gasteiger partial charge < -0.3 is 0 Å². The Bertz CT molecular complexity index is 293. The summed E-state index contributed by atoms with van der Waals surface area (Å²) in [6.07, 6.45) is -14.5. The largest absolute Gasteiger partial charge is 0.444 e. The first-order chi connectivity index (χ1) is 6.46. The lowest BCUT2D eigenvalue weighted by atomic mass is 10.5. The normalized spacial score (nSPS) is 14.1. The fraction of sp³-hybridized carbons (Fsp3) is 0.400. The van der Waals surface area contributed by atoms with Crippen LogP contribution in [0.15, 0.2) is 16.8 Å². The van der Waals surface area contributed by atoms with E-state index in [-0.39, 0.29) is 0 Å². The molecule has 0 aromatic carbocycles. The first-order valence-electron chi connectivity index (χ1n) is 2.90. The Balaban J connectivity index is 5.31. The van der Waals surface area contributed by atoms with Gasteiger partial charge in [-0.15, -0.1) is 0 Å². The SMILES string of the molecule is FC(F)=C(N=C(Cl)C(F)(F)F)C(F)(F)F. The first kappa shape index (κ1) is 14.1. The van der Waals surface area contributed by atoms with Crippen LogP contribution in [-0.2, 0) is 0 Å². The fourth-order valence-electron chi connectivity index (χ4n) is 0.374. The zero-order valence-corrected chi connectivity index (χ0v) is 7.10. The Morgan fingerprint density at radius 1 is 0.867 bits per heavy atom. The highest BCUT2D eigenvalue weighted by Gasteiger charge is 2.42. The first-order valence-corrected chi connectivity index (χ1v) is 3.28. The van der Waals surface area contributed by atoms with E-state index in [0.717, 1.165) is 0 Å². The van der Waals surface area contributed by atoms with E-state index >= 15 is 0 Å². The molecule has 0 unspecified atom stereocenters. The summed E-state index contributed by atoms with van der Waals surface area (Å²) in [7, 11) is 0. The molecule has 1 nitrogen and oxygen atoms in total. The molecule has 0 radical (unpaired) electrons. The van der Waals surface area contributed by atoms with Gasteiger partial charge in [0.05, 0.1) is 0 Å². The van der Waals surface area contributed by atoms with E-state index in [0.29, 0.717) is 0 Å². The molecule has 0 atom stereocenters. The zero-order chi connectivity index (χ0) is 12.4. The molecule has 0 aliphatic rings. The zero-order valence-electron chi connectivity index (χ0n) is 6.35. The molecule has 88 valence electrons. The summed E-state index contributed by atoms with van der Waals surface area (Å²) in [6.45, 7) is 0. The molecule has 0 aliphatic heterocycles. The third kappa shape index (κ3) is 4.45. The number of halogens is 9. The van der Waals surface area contributed by atoms with Crippen LogP contribution < -0.4 is 0 Å². The molecule has 0 saturated heterocycles. The fourth-order valence-corrected chi connectivity index (χ4v) is 0.459. The van der Waals surface area contributed by atoms with Crippen LogP contribution in [0, 0.1) is 0 Å². The second-order valence-electron chi connectivity index (χ2n) is 2.01. The molecule has 0 aromatic rings. The Morgan fingerprint density at radius 2 is 1.27 bits per heavy atom. The monoisotopic (exact) mass is 261 g/mol. The number of aliphatic imine (C=N–C) groups is 1. The molecule has 0 heterocycles. The molecule has 0 bridgehead atoms. The lowest BCUT2D eigenvalue weighted by molar-refractivity contribution is -0.0964. The van der Waals surface area contributed by atoms with E-state index in [9.17, 15) is 35.1 Å². The minimum Gasteiger partial charge on any atom is -0.222 e. The second kappa shape index (κ2) is 4.33. The number of alkyl halides is 6. The number of nitrogens with zero attached hydrogens (tertiary/aromatic N) is 1. The summed E-state index contributed by atoms with van der Waals surface area (Å²) in [5.74, 6) is 0. The highest BCUT2D eigenvalue weighted by molar-refractivity contribution is 6.67. The van der Waals surface area contributed by atoms with Gasteiger partial charge in [-0.25, -0.2) is 4.99 Å². The van der Waals surface area contributed by atoms with Gasteiger partial charge in [-0.1, -0.05) is 11.6 Å². The summed E-state index contributed by atoms with van der Waals surface area (Å²) in [5, 5.41) is -2.53. The Hall–Kier alpha value is -0.860. The standard InChI is InChI=1S/C5ClF8N/c6-3(5(12,13)14)15-1(2(7)8)4(9,10)11. The highest BCUT2D eigenvalue weighted by atomic mass is 35.5. The Morgan fingerprint density at radius 3 is 1.47 bits per heavy atom. The van der Waals surface area contributed by atoms with Crippen LogP contribution in [0.3, 0.4) is 0 Å². The van der Waals surface area contributed by atoms with Crippen LogP contribution in [0.5, 0.6) is 0 Å². The van der Waals surface area contributed by atoms with E-state index in [1.807, 2.05) is 0 Å². The van der Waals surface area contributed by atoms with Gasteiger partial charge in [-0.3, -0.25) is 0 Å². The van der Waals surface area contributed by atoms with E-state index in [4.69, 9.17) is 0 Å². The number of hydrogen-bond acceptors (Lipinski definition) is 1. The molecular weight excluding hydrogens is 261 g/mol. The molecule has 0 aliphatic carbocycles. The Labute approximate surface area is 82.0 Å². The average molecular weight is 261 g/mol. The van der Waals surface area contributed by atoms with Crippen molar-refractivity contribution in [1.29, 1.82) is 0 Å². The van der Waals surface area contributed by atoms with Crippen molar-refractivity contribution in [3.8, 4) is 0 Å². The summed E-state index contributed by atoms with van der Waals surface area (Å²) < 4.78 is 92.8. The molecule has 0 aromatic heterocycles. The van der Waals surface area contributed by atoms with E-state index in [2.05, 4.69) is 11.6 Å². The molecular formula is C5ClF8N. The van der Waals surface area contributed by atoms with Gasteiger partial charge in [0.25, 0.3) is 0 Å². The van der Waals surface area contributed by atoms with Crippen molar-refractivity contribution < 1.29 is 35.1 Å². The van der Waals surface area contributed by atoms with Gasteiger partial charge in [0.2, 0.25) is 10.9 Å². The second-order valence-corrected chi connectivity index (χ2v) is 2.37. The Kier molecular flexibility index (Phi) is 4.08. The van der Waals surface area contributed by atoms with Crippen molar-refractivity contribution in [3.05, 3.63) is 11.8 Å². The maximum Gasteiger partial charge on any atom is 0.444 e. The van der Waals surface area contributed by atoms with Gasteiger partial charge in [-0.2, -0.15) is 35.1 Å². The smallest absolute Gasteiger partial charge is 0.222 e. The minimum atomic E-state index is -5.70. The van der Waals surface area contributed by atoms with Crippen molar-refractivity contribution >= 4 is 16.8 Å². The van der Waals surface area contributed by atoms with E-state index in [1.165, 1.54) is 0 Å². The van der Waals surface area contributed by atoms with Crippen LogP contribution in [0.4, 0.5) is 35.1 Å². The average Bonchev–Trinajstić information content (AvgIpc) is 1.94. The van der Waals surface area contributed by atoms with Crippen molar-refractivity contribution in [2.45, 2.75) is 12.4 Å². The third-order valence-corrected chi connectivity index (χ3v) is 1.19. The van der Waals surface area contributed by atoms with Crippen LogP contribution in [0.1, 0.15) is 0 Å². The quantitative estimate of drug-likeness (QED) is 0.502. The molecule has 0 rings (SSSR count). The summed E-state index contributed by atoms with van der Waals surface area (Å²) in [4.78, 5) is 1.58. The summed E-state index contributed by atoms with van der Waals surface area (Å²) in [6, 6.07) is 0. The van der Waals surface area contributed by atoms with Crippen LogP contribution in [-0.4, -0.2) is 17.5 Å². The predicted octanol–water partition coefficient (Wildman–Crippen LogP) is 3.86. The molecule has 0 amide bonds. The van der Waals surface area contributed by atoms with Gasteiger partial charge >= 0.3 is 18.4 Å². The van der Waals surface area contributed by atoms with Gasteiger partial charge in [0.1, 0.15) is 0 Å². The van der Waals surface area contributed by atoms with Crippen LogP contribution >= 0.6 is 11.6 Å². The number of rotatable bonds is 1.